The summed E-state index contributed by atoms with van der Waals surface area (Å²) in [6.07, 6.45) is 3.62. The van der Waals surface area contributed by atoms with Gasteiger partial charge in [0.15, 0.2) is 0 Å². The van der Waals surface area contributed by atoms with E-state index in [1.54, 1.807) is 20.2 Å². The second-order valence-corrected chi connectivity index (χ2v) is 4.79. The SMILES string of the molecule is CCCc1cc(N(C)CC(C)(C)O)ncn1. The lowest BCUT2D eigenvalue weighted by atomic mass is 10.1. The van der Waals surface area contributed by atoms with E-state index >= 15 is 0 Å². The summed E-state index contributed by atoms with van der Waals surface area (Å²) in [6.45, 7) is 6.26. The molecule has 0 amide bonds. The zero-order chi connectivity index (χ0) is 12.2. The Morgan fingerprint density at radius 3 is 2.62 bits per heavy atom. The third-order valence-corrected chi connectivity index (χ3v) is 2.23. The highest BCUT2D eigenvalue weighted by molar-refractivity contribution is 5.38. The van der Waals surface area contributed by atoms with Crippen molar-refractivity contribution in [3.05, 3.63) is 18.1 Å². The summed E-state index contributed by atoms with van der Waals surface area (Å²) < 4.78 is 0. The number of anilines is 1. The molecule has 0 aliphatic carbocycles. The summed E-state index contributed by atoms with van der Waals surface area (Å²) in [5, 5.41) is 9.74. The summed E-state index contributed by atoms with van der Waals surface area (Å²) in [6, 6.07) is 1.98. The van der Waals surface area contributed by atoms with Crippen molar-refractivity contribution in [1.29, 1.82) is 0 Å². The fraction of sp³-hybridized carbons (Fsp3) is 0.667. The molecule has 16 heavy (non-hydrogen) atoms. The lowest BCUT2D eigenvalue weighted by molar-refractivity contribution is 0.0884. The van der Waals surface area contributed by atoms with Crippen molar-refractivity contribution in [2.24, 2.45) is 0 Å². The summed E-state index contributed by atoms with van der Waals surface area (Å²) in [7, 11) is 1.93. The van der Waals surface area contributed by atoms with Gasteiger partial charge in [-0.2, -0.15) is 0 Å². The van der Waals surface area contributed by atoms with E-state index in [-0.39, 0.29) is 0 Å². The van der Waals surface area contributed by atoms with Crippen LogP contribution in [0.15, 0.2) is 12.4 Å². The Hall–Kier alpha value is -1.16. The third-order valence-electron chi connectivity index (χ3n) is 2.23. The summed E-state index contributed by atoms with van der Waals surface area (Å²) >= 11 is 0. The largest absolute Gasteiger partial charge is 0.389 e. The van der Waals surface area contributed by atoms with E-state index in [1.165, 1.54) is 0 Å². The molecule has 1 rings (SSSR count). The number of aliphatic hydroxyl groups is 1. The number of aryl methyl sites for hydroxylation is 1. The molecule has 0 atom stereocenters. The quantitative estimate of drug-likeness (QED) is 0.824. The molecule has 0 saturated carbocycles. The fourth-order valence-corrected chi connectivity index (χ4v) is 1.65. The monoisotopic (exact) mass is 223 g/mol. The highest BCUT2D eigenvalue weighted by atomic mass is 16.3. The first-order chi connectivity index (χ1) is 7.42. The van der Waals surface area contributed by atoms with Gasteiger partial charge in [-0.1, -0.05) is 13.3 Å². The molecule has 0 unspecified atom stereocenters. The lowest BCUT2D eigenvalue weighted by Gasteiger charge is -2.26. The highest BCUT2D eigenvalue weighted by Gasteiger charge is 2.16. The second-order valence-electron chi connectivity index (χ2n) is 4.79. The van der Waals surface area contributed by atoms with Gasteiger partial charge in [-0.05, 0) is 20.3 Å². The Kier molecular flexibility index (Phi) is 4.24. The molecule has 0 fully saturated rings. The van der Waals surface area contributed by atoms with Gasteiger partial charge in [0.05, 0.1) is 5.60 Å². The van der Waals surface area contributed by atoms with Gasteiger partial charge in [0, 0.05) is 25.4 Å². The molecule has 0 bridgehead atoms. The number of likely N-dealkylation sites (N-methyl/N-ethyl adjacent to an activating group) is 1. The number of hydrogen-bond acceptors (Lipinski definition) is 4. The topological polar surface area (TPSA) is 49.2 Å². The van der Waals surface area contributed by atoms with Gasteiger partial charge in [0.2, 0.25) is 0 Å². The molecule has 0 aromatic carbocycles. The second kappa shape index (κ2) is 5.25. The maximum absolute atomic E-state index is 9.74. The predicted molar refractivity (Wildman–Crippen MR) is 65.6 cm³/mol. The van der Waals surface area contributed by atoms with Gasteiger partial charge in [-0.15, -0.1) is 0 Å². The number of nitrogens with zero attached hydrogens (tertiary/aromatic N) is 3. The van der Waals surface area contributed by atoms with E-state index in [9.17, 15) is 5.11 Å². The lowest BCUT2D eigenvalue weighted by Crippen LogP contribution is -2.36. The molecular weight excluding hydrogens is 202 g/mol. The zero-order valence-electron chi connectivity index (χ0n) is 10.6. The number of aromatic nitrogens is 2. The van der Waals surface area contributed by atoms with Crippen LogP contribution in [0.5, 0.6) is 0 Å². The minimum atomic E-state index is -0.718. The zero-order valence-corrected chi connectivity index (χ0v) is 10.6. The molecule has 1 N–H and O–H groups in total. The van der Waals surface area contributed by atoms with Gasteiger partial charge in [0.25, 0.3) is 0 Å². The molecule has 1 aromatic heterocycles. The minimum absolute atomic E-state index is 0.551. The summed E-state index contributed by atoms with van der Waals surface area (Å²) in [5.41, 5.74) is 0.333. The molecule has 90 valence electrons. The molecule has 1 aromatic rings. The van der Waals surface area contributed by atoms with Crippen LogP contribution < -0.4 is 4.90 Å². The molecule has 0 aliphatic heterocycles. The van der Waals surface area contributed by atoms with Crippen LogP contribution in [0, 0.1) is 0 Å². The van der Waals surface area contributed by atoms with Crippen LogP contribution in [-0.4, -0.2) is 34.3 Å². The van der Waals surface area contributed by atoms with Crippen molar-refractivity contribution < 1.29 is 5.11 Å². The van der Waals surface area contributed by atoms with Crippen LogP contribution in [0.3, 0.4) is 0 Å². The highest BCUT2D eigenvalue weighted by Crippen LogP contribution is 2.13. The summed E-state index contributed by atoms with van der Waals surface area (Å²) in [4.78, 5) is 10.4. The average Bonchev–Trinajstić information content (AvgIpc) is 2.16. The Labute approximate surface area is 97.3 Å². The molecule has 4 nitrogen and oxygen atoms in total. The van der Waals surface area contributed by atoms with Gasteiger partial charge in [-0.3, -0.25) is 0 Å². The maximum Gasteiger partial charge on any atom is 0.132 e. The molecule has 0 spiro atoms. The predicted octanol–water partition coefficient (Wildman–Crippen LogP) is 1.64. The minimum Gasteiger partial charge on any atom is -0.389 e. The van der Waals surface area contributed by atoms with Crippen LogP contribution in [0.4, 0.5) is 5.82 Å². The molecule has 0 radical (unpaired) electrons. The summed E-state index contributed by atoms with van der Waals surface area (Å²) in [5.74, 6) is 0.862. The van der Waals surface area contributed by atoms with Gasteiger partial charge < -0.3 is 10.0 Å². The first kappa shape index (κ1) is 12.9. The molecule has 1 heterocycles. The van der Waals surface area contributed by atoms with E-state index < -0.39 is 5.60 Å². The molecular formula is C12H21N3O. The normalized spacial score (nSPS) is 11.6. The molecule has 0 saturated heterocycles. The van der Waals surface area contributed by atoms with Gasteiger partial charge >= 0.3 is 0 Å². The van der Waals surface area contributed by atoms with Crippen LogP contribution in [0.1, 0.15) is 32.9 Å². The van der Waals surface area contributed by atoms with Crippen molar-refractivity contribution in [2.45, 2.75) is 39.2 Å². The van der Waals surface area contributed by atoms with Crippen LogP contribution in [-0.2, 0) is 6.42 Å². The van der Waals surface area contributed by atoms with Crippen LogP contribution in [0.25, 0.3) is 0 Å². The molecule has 0 aliphatic rings. The Morgan fingerprint density at radius 2 is 2.06 bits per heavy atom. The average molecular weight is 223 g/mol. The van der Waals surface area contributed by atoms with Crippen molar-refractivity contribution >= 4 is 5.82 Å². The van der Waals surface area contributed by atoms with Crippen molar-refractivity contribution in [2.75, 3.05) is 18.5 Å². The number of hydrogen-bond donors (Lipinski definition) is 1. The van der Waals surface area contributed by atoms with E-state index in [0.29, 0.717) is 6.54 Å². The maximum atomic E-state index is 9.74. The van der Waals surface area contributed by atoms with E-state index in [4.69, 9.17) is 0 Å². The smallest absolute Gasteiger partial charge is 0.132 e. The Balaban J connectivity index is 2.75. The number of rotatable bonds is 5. The van der Waals surface area contributed by atoms with Crippen molar-refractivity contribution in [1.82, 2.24) is 9.97 Å². The van der Waals surface area contributed by atoms with E-state index in [2.05, 4.69) is 16.9 Å². The first-order valence-electron chi connectivity index (χ1n) is 5.67. The third kappa shape index (κ3) is 4.14. The fourth-order valence-electron chi connectivity index (χ4n) is 1.65. The van der Waals surface area contributed by atoms with Gasteiger partial charge in [-0.25, -0.2) is 9.97 Å². The van der Waals surface area contributed by atoms with Gasteiger partial charge in [0.1, 0.15) is 12.1 Å². The van der Waals surface area contributed by atoms with Crippen molar-refractivity contribution in [3.8, 4) is 0 Å². The first-order valence-corrected chi connectivity index (χ1v) is 5.67. The standard InChI is InChI=1S/C12H21N3O/c1-5-6-10-7-11(14-9-13-10)15(4)8-12(2,3)16/h7,9,16H,5-6,8H2,1-4H3. The Bertz CT molecular complexity index is 333. The van der Waals surface area contributed by atoms with Crippen LogP contribution in [0.2, 0.25) is 0 Å². The van der Waals surface area contributed by atoms with E-state index in [0.717, 1.165) is 24.4 Å². The van der Waals surface area contributed by atoms with E-state index in [1.807, 2.05) is 18.0 Å². The molecule has 4 heteroatoms. The van der Waals surface area contributed by atoms with Crippen LogP contribution >= 0.6 is 0 Å². The Morgan fingerprint density at radius 1 is 1.38 bits per heavy atom. The van der Waals surface area contributed by atoms with Crippen molar-refractivity contribution in [3.63, 3.8) is 0 Å².